The van der Waals surface area contributed by atoms with Crippen LogP contribution in [0.5, 0.6) is 0 Å². The molecule has 1 aromatic rings. The number of nitrogens with two attached hydrogens (primary N) is 1. The summed E-state index contributed by atoms with van der Waals surface area (Å²) in [6.45, 7) is 0.302. The maximum Gasteiger partial charge on any atom is 0.314 e. The molecule has 2 rings (SSSR count). The molecule has 1 atom stereocenters. The molecule has 16 heavy (non-hydrogen) atoms. The molecule has 1 fully saturated rings. The van der Waals surface area contributed by atoms with E-state index in [1.54, 1.807) is 0 Å². The fourth-order valence-electron chi connectivity index (χ4n) is 2.09. The largest absolute Gasteiger partial charge is 0.469 e. The van der Waals surface area contributed by atoms with Crippen molar-refractivity contribution < 1.29 is 9.53 Å². The molecule has 0 heterocycles. The van der Waals surface area contributed by atoms with Crippen LogP contribution in [0, 0.1) is 0 Å². The first-order valence-electron chi connectivity index (χ1n) is 5.64. The molecule has 1 aliphatic rings. The summed E-state index contributed by atoms with van der Waals surface area (Å²) < 4.78 is 4.79. The summed E-state index contributed by atoms with van der Waals surface area (Å²) in [6, 6.07) is 8.05. The molecule has 2 N–H and O–H groups in total. The molecule has 0 amide bonds. The van der Waals surface area contributed by atoms with E-state index < -0.39 is 0 Å². The van der Waals surface area contributed by atoms with Crippen molar-refractivity contribution in [3.63, 3.8) is 0 Å². The van der Waals surface area contributed by atoms with Crippen LogP contribution in [0.4, 0.5) is 0 Å². The van der Waals surface area contributed by atoms with Gasteiger partial charge in [-0.25, -0.2) is 0 Å². The number of esters is 1. The highest BCUT2D eigenvalue weighted by atomic mass is 16.5. The van der Waals surface area contributed by atoms with Crippen LogP contribution in [0.3, 0.4) is 0 Å². The minimum absolute atomic E-state index is 0.240. The van der Waals surface area contributed by atoms with Crippen LogP contribution < -0.4 is 5.73 Å². The molecule has 0 aromatic heterocycles. The predicted molar refractivity (Wildman–Crippen MR) is 62.2 cm³/mol. The zero-order valence-electron chi connectivity index (χ0n) is 9.48. The van der Waals surface area contributed by atoms with Crippen LogP contribution in [0.2, 0.25) is 0 Å². The number of carbonyl (C=O) groups excluding carboxylic acids is 1. The first kappa shape index (κ1) is 11.1. The van der Waals surface area contributed by atoms with Gasteiger partial charge in [0.25, 0.3) is 0 Å². The third kappa shape index (κ3) is 2.09. The smallest absolute Gasteiger partial charge is 0.314 e. The maximum atomic E-state index is 11.6. The van der Waals surface area contributed by atoms with Gasteiger partial charge in [-0.15, -0.1) is 0 Å². The summed E-state index contributed by atoms with van der Waals surface area (Å²) in [5.41, 5.74) is 7.98. The topological polar surface area (TPSA) is 52.3 Å². The Morgan fingerprint density at radius 1 is 1.50 bits per heavy atom. The number of carbonyl (C=O) groups is 1. The third-order valence-electron chi connectivity index (χ3n) is 3.11. The van der Waals surface area contributed by atoms with E-state index in [1.165, 1.54) is 25.5 Å². The SMILES string of the molecule is COC(=O)C(CN)c1ccccc1C1CC1. The second kappa shape index (κ2) is 4.66. The van der Waals surface area contributed by atoms with E-state index in [0.717, 1.165) is 5.56 Å². The van der Waals surface area contributed by atoms with Crippen molar-refractivity contribution in [1.82, 2.24) is 0 Å². The standard InChI is InChI=1S/C13H17NO2/c1-16-13(15)12(8-14)11-5-3-2-4-10(11)9-6-7-9/h2-5,9,12H,6-8,14H2,1H3. The highest BCUT2D eigenvalue weighted by molar-refractivity contribution is 5.79. The molecule has 1 aliphatic carbocycles. The molecule has 0 bridgehead atoms. The van der Waals surface area contributed by atoms with Gasteiger partial charge in [0, 0.05) is 6.54 Å². The predicted octanol–water partition coefficient (Wildman–Crippen LogP) is 1.78. The van der Waals surface area contributed by atoms with Crippen LogP contribution in [0.1, 0.15) is 35.8 Å². The van der Waals surface area contributed by atoms with Gasteiger partial charge in [-0.1, -0.05) is 24.3 Å². The Morgan fingerprint density at radius 2 is 2.19 bits per heavy atom. The van der Waals surface area contributed by atoms with Crippen LogP contribution in [-0.2, 0) is 9.53 Å². The van der Waals surface area contributed by atoms with Gasteiger partial charge < -0.3 is 10.5 Å². The average Bonchev–Trinajstić information content (AvgIpc) is 3.14. The van der Waals surface area contributed by atoms with Gasteiger partial charge in [0.15, 0.2) is 0 Å². The fourth-order valence-corrected chi connectivity index (χ4v) is 2.09. The zero-order chi connectivity index (χ0) is 11.5. The Hall–Kier alpha value is -1.35. The van der Waals surface area contributed by atoms with Crippen LogP contribution in [0.25, 0.3) is 0 Å². The summed E-state index contributed by atoms with van der Waals surface area (Å²) in [6.07, 6.45) is 2.44. The van der Waals surface area contributed by atoms with Crippen molar-refractivity contribution in [3.8, 4) is 0 Å². The molecule has 0 saturated heterocycles. The van der Waals surface area contributed by atoms with Gasteiger partial charge in [0.05, 0.1) is 13.0 Å². The number of ether oxygens (including phenoxy) is 1. The molecule has 86 valence electrons. The molecule has 0 radical (unpaired) electrons. The van der Waals surface area contributed by atoms with Gasteiger partial charge >= 0.3 is 5.97 Å². The van der Waals surface area contributed by atoms with Crippen LogP contribution in [-0.4, -0.2) is 19.6 Å². The first-order chi connectivity index (χ1) is 7.77. The van der Waals surface area contributed by atoms with Gasteiger partial charge in [-0.2, -0.15) is 0 Å². The van der Waals surface area contributed by atoms with Gasteiger partial charge in [0.2, 0.25) is 0 Å². The quantitative estimate of drug-likeness (QED) is 0.785. The van der Waals surface area contributed by atoms with Gasteiger partial charge in [-0.05, 0) is 29.9 Å². The number of hydrogen-bond acceptors (Lipinski definition) is 3. The highest BCUT2D eigenvalue weighted by Crippen LogP contribution is 2.43. The van der Waals surface area contributed by atoms with E-state index in [1.807, 2.05) is 18.2 Å². The number of methoxy groups -OCH3 is 1. The summed E-state index contributed by atoms with van der Waals surface area (Å²) >= 11 is 0. The lowest BCUT2D eigenvalue weighted by atomic mass is 9.92. The van der Waals surface area contributed by atoms with E-state index in [-0.39, 0.29) is 11.9 Å². The minimum atomic E-state index is -0.318. The monoisotopic (exact) mass is 219 g/mol. The minimum Gasteiger partial charge on any atom is -0.469 e. The molecule has 0 spiro atoms. The number of benzene rings is 1. The van der Waals surface area contributed by atoms with Gasteiger partial charge in [-0.3, -0.25) is 4.79 Å². The molecular formula is C13H17NO2. The second-order valence-corrected chi connectivity index (χ2v) is 4.21. The summed E-state index contributed by atoms with van der Waals surface area (Å²) in [5, 5.41) is 0. The van der Waals surface area contributed by atoms with Crippen molar-refractivity contribution in [2.75, 3.05) is 13.7 Å². The lowest BCUT2D eigenvalue weighted by molar-refractivity contribution is -0.142. The molecule has 1 saturated carbocycles. The number of rotatable bonds is 4. The van der Waals surface area contributed by atoms with E-state index in [4.69, 9.17) is 10.5 Å². The van der Waals surface area contributed by atoms with Crippen LogP contribution in [0.15, 0.2) is 24.3 Å². The maximum absolute atomic E-state index is 11.6. The Labute approximate surface area is 95.6 Å². The second-order valence-electron chi connectivity index (χ2n) is 4.21. The fraction of sp³-hybridized carbons (Fsp3) is 0.462. The average molecular weight is 219 g/mol. The highest BCUT2D eigenvalue weighted by Gasteiger charge is 2.30. The molecule has 1 aromatic carbocycles. The Kier molecular flexibility index (Phi) is 3.25. The van der Waals surface area contributed by atoms with Crippen molar-refractivity contribution in [3.05, 3.63) is 35.4 Å². The third-order valence-corrected chi connectivity index (χ3v) is 3.11. The van der Waals surface area contributed by atoms with Gasteiger partial charge in [0.1, 0.15) is 0 Å². The van der Waals surface area contributed by atoms with Crippen molar-refractivity contribution in [1.29, 1.82) is 0 Å². The normalized spacial score (nSPS) is 16.9. The van der Waals surface area contributed by atoms with E-state index in [2.05, 4.69) is 6.07 Å². The van der Waals surface area contributed by atoms with E-state index >= 15 is 0 Å². The van der Waals surface area contributed by atoms with E-state index in [9.17, 15) is 4.79 Å². The summed E-state index contributed by atoms with van der Waals surface area (Å²) in [7, 11) is 1.41. The van der Waals surface area contributed by atoms with Crippen LogP contribution >= 0.6 is 0 Å². The molecule has 0 aliphatic heterocycles. The van der Waals surface area contributed by atoms with Crippen molar-refractivity contribution in [2.45, 2.75) is 24.7 Å². The summed E-state index contributed by atoms with van der Waals surface area (Å²) in [4.78, 5) is 11.6. The Bertz CT molecular complexity index is 385. The molecule has 1 unspecified atom stereocenters. The lowest BCUT2D eigenvalue weighted by Crippen LogP contribution is -2.23. The number of hydrogen-bond donors (Lipinski definition) is 1. The molecule has 3 heteroatoms. The summed E-state index contributed by atoms with van der Waals surface area (Å²) in [5.74, 6) is 0.0623. The van der Waals surface area contributed by atoms with Crippen molar-refractivity contribution >= 4 is 5.97 Å². The van der Waals surface area contributed by atoms with E-state index in [0.29, 0.717) is 12.5 Å². The zero-order valence-corrected chi connectivity index (χ0v) is 9.48. The lowest BCUT2D eigenvalue weighted by Gasteiger charge is -2.16. The molecular weight excluding hydrogens is 202 g/mol. The Morgan fingerprint density at radius 3 is 2.75 bits per heavy atom. The first-order valence-corrected chi connectivity index (χ1v) is 5.64. The molecule has 3 nitrogen and oxygen atoms in total. The van der Waals surface area contributed by atoms with Crippen molar-refractivity contribution in [2.24, 2.45) is 5.73 Å². The Balaban J connectivity index is 2.33.